The first-order chi connectivity index (χ1) is 9.25. The number of amides is 1. The van der Waals surface area contributed by atoms with E-state index in [1.54, 1.807) is 12.4 Å². The second kappa shape index (κ2) is 7.21. The predicted octanol–water partition coefficient (Wildman–Crippen LogP) is 0.239. The van der Waals surface area contributed by atoms with Crippen molar-refractivity contribution < 1.29 is 4.79 Å². The third-order valence-corrected chi connectivity index (χ3v) is 3.38. The van der Waals surface area contributed by atoms with E-state index in [1.807, 2.05) is 19.1 Å². The Balaban J connectivity index is 1.72. The van der Waals surface area contributed by atoms with Crippen molar-refractivity contribution in [2.45, 2.75) is 13.5 Å². The quantitative estimate of drug-likeness (QED) is 0.798. The highest BCUT2D eigenvalue weighted by molar-refractivity contribution is 5.78. The van der Waals surface area contributed by atoms with Gasteiger partial charge >= 0.3 is 0 Å². The minimum atomic E-state index is 0.0229. The van der Waals surface area contributed by atoms with Gasteiger partial charge in [0, 0.05) is 57.6 Å². The monoisotopic (exact) mass is 262 g/mol. The molecule has 1 aromatic rings. The average Bonchev–Trinajstić information content (AvgIpc) is 2.47. The number of nitrogens with one attached hydrogen (secondary N) is 2. The Bertz CT molecular complexity index is 390. The van der Waals surface area contributed by atoms with Crippen LogP contribution >= 0.6 is 0 Å². The first kappa shape index (κ1) is 14.0. The third-order valence-electron chi connectivity index (χ3n) is 3.38. The van der Waals surface area contributed by atoms with Crippen molar-refractivity contribution in [1.82, 2.24) is 20.5 Å². The minimum absolute atomic E-state index is 0.0229. The fourth-order valence-electron chi connectivity index (χ4n) is 2.23. The first-order valence-electron chi connectivity index (χ1n) is 6.85. The second-order valence-corrected chi connectivity index (χ2v) is 5.03. The highest BCUT2D eigenvalue weighted by Crippen LogP contribution is 2.03. The van der Waals surface area contributed by atoms with E-state index in [9.17, 15) is 4.79 Å². The van der Waals surface area contributed by atoms with Gasteiger partial charge in [0.15, 0.2) is 0 Å². The molecule has 1 unspecified atom stereocenters. The maximum Gasteiger partial charge on any atom is 0.224 e. The lowest BCUT2D eigenvalue weighted by Crippen LogP contribution is -2.47. The standard InChI is InChI=1S/C14H22N4O/c1-12(11-18-7-5-15-6-8-18)14(19)17-10-13-3-2-4-16-9-13/h2-4,9,12,15H,5-8,10-11H2,1H3,(H,17,19). The van der Waals surface area contributed by atoms with E-state index in [4.69, 9.17) is 0 Å². The van der Waals surface area contributed by atoms with Crippen molar-refractivity contribution >= 4 is 5.91 Å². The Hall–Kier alpha value is -1.46. The molecule has 1 saturated heterocycles. The van der Waals surface area contributed by atoms with Crippen LogP contribution in [-0.2, 0) is 11.3 Å². The Kier molecular flexibility index (Phi) is 5.30. The summed E-state index contributed by atoms with van der Waals surface area (Å²) >= 11 is 0. The van der Waals surface area contributed by atoms with E-state index in [0.717, 1.165) is 38.3 Å². The van der Waals surface area contributed by atoms with Crippen molar-refractivity contribution in [2.75, 3.05) is 32.7 Å². The van der Waals surface area contributed by atoms with Crippen molar-refractivity contribution in [3.05, 3.63) is 30.1 Å². The highest BCUT2D eigenvalue weighted by Gasteiger charge is 2.18. The van der Waals surface area contributed by atoms with Gasteiger partial charge in [-0.1, -0.05) is 13.0 Å². The van der Waals surface area contributed by atoms with Crippen LogP contribution in [0.5, 0.6) is 0 Å². The molecule has 0 saturated carbocycles. The summed E-state index contributed by atoms with van der Waals surface area (Å²) in [7, 11) is 0. The fourth-order valence-corrected chi connectivity index (χ4v) is 2.23. The SMILES string of the molecule is CC(CN1CCNCC1)C(=O)NCc1cccnc1. The number of nitrogens with zero attached hydrogens (tertiary/aromatic N) is 2. The van der Waals surface area contributed by atoms with Gasteiger partial charge < -0.3 is 15.5 Å². The van der Waals surface area contributed by atoms with Crippen LogP contribution in [0.4, 0.5) is 0 Å². The molecule has 2 heterocycles. The van der Waals surface area contributed by atoms with Gasteiger partial charge in [-0.3, -0.25) is 9.78 Å². The number of carbonyl (C=O) groups excluding carboxylic acids is 1. The zero-order chi connectivity index (χ0) is 13.5. The van der Waals surface area contributed by atoms with Crippen LogP contribution in [0, 0.1) is 5.92 Å². The van der Waals surface area contributed by atoms with E-state index in [-0.39, 0.29) is 11.8 Å². The van der Waals surface area contributed by atoms with Gasteiger partial charge in [-0.2, -0.15) is 0 Å². The van der Waals surface area contributed by atoms with Gasteiger partial charge in [0.2, 0.25) is 5.91 Å². The molecular weight excluding hydrogens is 240 g/mol. The molecule has 0 aromatic carbocycles. The van der Waals surface area contributed by atoms with Gasteiger partial charge in [-0.15, -0.1) is 0 Å². The summed E-state index contributed by atoms with van der Waals surface area (Å²) < 4.78 is 0. The van der Waals surface area contributed by atoms with Crippen molar-refractivity contribution in [3.8, 4) is 0 Å². The van der Waals surface area contributed by atoms with Crippen molar-refractivity contribution in [2.24, 2.45) is 5.92 Å². The molecule has 2 N–H and O–H groups in total. The summed E-state index contributed by atoms with van der Waals surface area (Å²) in [4.78, 5) is 18.4. The number of hydrogen-bond acceptors (Lipinski definition) is 4. The molecule has 19 heavy (non-hydrogen) atoms. The third kappa shape index (κ3) is 4.61. The molecule has 5 heteroatoms. The largest absolute Gasteiger partial charge is 0.352 e. The van der Waals surface area contributed by atoms with Gasteiger partial charge in [0.1, 0.15) is 0 Å². The molecule has 2 rings (SSSR count). The van der Waals surface area contributed by atoms with E-state index in [1.165, 1.54) is 0 Å². The summed E-state index contributed by atoms with van der Waals surface area (Å²) in [6.45, 7) is 7.47. The lowest BCUT2D eigenvalue weighted by atomic mass is 10.1. The topological polar surface area (TPSA) is 57.3 Å². The predicted molar refractivity (Wildman–Crippen MR) is 74.6 cm³/mol. The van der Waals surface area contributed by atoms with Gasteiger partial charge in [-0.05, 0) is 11.6 Å². The number of piperazine rings is 1. The molecule has 104 valence electrons. The molecule has 0 spiro atoms. The Labute approximate surface area is 114 Å². The molecule has 1 aliphatic heterocycles. The van der Waals surface area contributed by atoms with E-state index in [2.05, 4.69) is 20.5 Å². The second-order valence-electron chi connectivity index (χ2n) is 5.03. The van der Waals surface area contributed by atoms with Gasteiger partial charge in [0.05, 0.1) is 0 Å². The van der Waals surface area contributed by atoms with Crippen LogP contribution in [0.3, 0.4) is 0 Å². The summed E-state index contributed by atoms with van der Waals surface area (Å²) in [6, 6.07) is 3.85. The lowest BCUT2D eigenvalue weighted by molar-refractivity contribution is -0.125. The van der Waals surface area contributed by atoms with Crippen LogP contribution in [0.2, 0.25) is 0 Å². The molecule has 1 amide bonds. The van der Waals surface area contributed by atoms with E-state index in [0.29, 0.717) is 6.54 Å². The number of rotatable bonds is 5. The number of pyridine rings is 1. The lowest BCUT2D eigenvalue weighted by Gasteiger charge is -2.29. The molecule has 1 fully saturated rings. The van der Waals surface area contributed by atoms with Crippen LogP contribution in [-0.4, -0.2) is 48.5 Å². The summed E-state index contributed by atoms with van der Waals surface area (Å²) in [5, 5.41) is 6.28. The maximum atomic E-state index is 12.0. The normalized spacial score (nSPS) is 17.9. The summed E-state index contributed by atoms with van der Waals surface area (Å²) in [5.41, 5.74) is 1.03. The minimum Gasteiger partial charge on any atom is -0.352 e. The van der Waals surface area contributed by atoms with Gasteiger partial charge in [-0.25, -0.2) is 0 Å². The van der Waals surface area contributed by atoms with Crippen LogP contribution in [0.15, 0.2) is 24.5 Å². The molecular formula is C14H22N4O. The van der Waals surface area contributed by atoms with Crippen molar-refractivity contribution in [1.29, 1.82) is 0 Å². The van der Waals surface area contributed by atoms with Crippen LogP contribution in [0.1, 0.15) is 12.5 Å². The molecule has 1 aliphatic rings. The highest BCUT2D eigenvalue weighted by atomic mass is 16.1. The molecule has 1 atom stereocenters. The first-order valence-corrected chi connectivity index (χ1v) is 6.85. The average molecular weight is 262 g/mol. The molecule has 0 bridgehead atoms. The summed E-state index contributed by atoms with van der Waals surface area (Å²) in [6.07, 6.45) is 3.51. The van der Waals surface area contributed by atoms with Crippen molar-refractivity contribution in [3.63, 3.8) is 0 Å². The van der Waals surface area contributed by atoms with E-state index >= 15 is 0 Å². The summed E-state index contributed by atoms with van der Waals surface area (Å²) in [5.74, 6) is 0.136. The zero-order valence-corrected chi connectivity index (χ0v) is 11.4. The Morgan fingerprint density at radius 3 is 3.00 bits per heavy atom. The van der Waals surface area contributed by atoms with Crippen LogP contribution < -0.4 is 10.6 Å². The smallest absolute Gasteiger partial charge is 0.224 e. The van der Waals surface area contributed by atoms with Gasteiger partial charge in [0.25, 0.3) is 0 Å². The number of aromatic nitrogens is 1. The van der Waals surface area contributed by atoms with Crippen LogP contribution in [0.25, 0.3) is 0 Å². The maximum absolute atomic E-state index is 12.0. The number of hydrogen-bond donors (Lipinski definition) is 2. The Morgan fingerprint density at radius 2 is 2.32 bits per heavy atom. The molecule has 0 radical (unpaired) electrons. The molecule has 1 aromatic heterocycles. The van der Waals surface area contributed by atoms with E-state index < -0.39 is 0 Å². The fraction of sp³-hybridized carbons (Fsp3) is 0.571. The molecule has 0 aliphatic carbocycles. The Morgan fingerprint density at radius 1 is 1.53 bits per heavy atom. The molecule has 5 nitrogen and oxygen atoms in total. The number of carbonyl (C=O) groups is 1. The zero-order valence-electron chi connectivity index (χ0n) is 11.4.